The third kappa shape index (κ3) is 2.97. The monoisotopic (exact) mass is 187 g/mol. The normalized spacial score (nSPS) is 22.3. The van der Waals surface area contributed by atoms with Crippen LogP contribution in [-0.4, -0.2) is 49.3 Å². The van der Waals surface area contributed by atoms with E-state index in [-0.39, 0.29) is 19.1 Å². The van der Waals surface area contributed by atoms with Crippen molar-refractivity contribution in [3.8, 4) is 0 Å². The van der Waals surface area contributed by atoms with Gasteiger partial charge in [0.15, 0.2) is 0 Å². The van der Waals surface area contributed by atoms with Crippen molar-refractivity contribution in [1.82, 2.24) is 4.90 Å². The minimum atomic E-state index is 0.0583. The summed E-state index contributed by atoms with van der Waals surface area (Å²) in [6.07, 6.45) is 1.81. The molecule has 0 aromatic rings. The molecular formula is C9H17NO3. The second-order valence-corrected chi connectivity index (χ2v) is 3.44. The van der Waals surface area contributed by atoms with Crippen molar-refractivity contribution in [1.29, 1.82) is 0 Å². The Labute approximate surface area is 78.5 Å². The molecule has 76 valence electrons. The van der Waals surface area contributed by atoms with Crippen LogP contribution in [0.25, 0.3) is 0 Å². The first-order valence-corrected chi connectivity index (χ1v) is 4.65. The maximum absolute atomic E-state index is 11.3. The summed E-state index contributed by atoms with van der Waals surface area (Å²) in [5.41, 5.74) is 0. The summed E-state index contributed by atoms with van der Waals surface area (Å²) < 4.78 is 4.77. The highest BCUT2D eigenvalue weighted by Crippen LogP contribution is 2.18. The van der Waals surface area contributed by atoms with E-state index in [1.807, 2.05) is 4.90 Å². The van der Waals surface area contributed by atoms with Gasteiger partial charge >= 0.3 is 0 Å². The highest BCUT2D eigenvalue weighted by atomic mass is 16.5. The van der Waals surface area contributed by atoms with E-state index in [2.05, 4.69) is 0 Å². The molecule has 0 radical (unpaired) electrons. The number of carbonyl (C=O) groups is 1. The van der Waals surface area contributed by atoms with E-state index >= 15 is 0 Å². The number of hydrogen-bond donors (Lipinski definition) is 1. The van der Waals surface area contributed by atoms with Gasteiger partial charge in [-0.2, -0.15) is 0 Å². The van der Waals surface area contributed by atoms with Gasteiger partial charge < -0.3 is 14.7 Å². The highest BCUT2D eigenvalue weighted by Gasteiger charge is 2.25. The molecule has 1 aliphatic heterocycles. The van der Waals surface area contributed by atoms with Crippen LogP contribution in [0.2, 0.25) is 0 Å². The summed E-state index contributed by atoms with van der Waals surface area (Å²) in [6.45, 7) is 1.98. The SMILES string of the molecule is COCC(=O)N1CCC(CCO)C1. The number of aliphatic hydroxyl groups excluding tert-OH is 1. The van der Waals surface area contributed by atoms with Gasteiger partial charge in [0, 0.05) is 26.8 Å². The predicted molar refractivity (Wildman–Crippen MR) is 48.3 cm³/mol. The number of ether oxygens (including phenoxy) is 1. The zero-order chi connectivity index (χ0) is 9.68. The summed E-state index contributed by atoms with van der Waals surface area (Å²) in [5.74, 6) is 0.536. The van der Waals surface area contributed by atoms with Crippen LogP contribution in [-0.2, 0) is 9.53 Å². The Kier molecular flexibility index (Phi) is 4.18. The fourth-order valence-corrected chi connectivity index (χ4v) is 1.69. The predicted octanol–water partition coefficient (Wildman–Crippen LogP) is -0.136. The molecule has 1 rings (SSSR count). The Balaban J connectivity index is 2.27. The molecule has 0 saturated carbocycles. The van der Waals surface area contributed by atoms with Crippen LogP contribution in [0.4, 0.5) is 0 Å². The molecule has 0 bridgehead atoms. The Morgan fingerprint density at radius 3 is 3.08 bits per heavy atom. The van der Waals surface area contributed by atoms with Crippen LogP contribution < -0.4 is 0 Å². The Morgan fingerprint density at radius 1 is 1.69 bits per heavy atom. The zero-order valence-corrected chi connectivity index (χ0v) is 8.03. The maximum atomic E-state index is 11.3. The van der Waals surface area contributed by atoms with Crippen LogP contribution in [0.1, 0.15) is 12.8 Å². The zero-order valence-electron chi connectivity index (χ0n) is 8.03. The van der Waals surface area contributed by atoms with Gasteiger partial charge in [0.05, 0.1) is 0 Å². The Bertz CT molecular complexity index is 172. The third-order valence-electron chi connectivity index (χ3n) is 2.44. The highest BCUT2D eigenvalue weighted by molar-refractivity contribution is 5.77. The third-order valence-corrected chi connectivity index (χ3v) is 2.44. The van der Waals surface area contributed by atoms with Crippen molar-refractivity contribution in [3.05, 3.63) is 0 Å². The van der Waals surface area contributed by atoms with E-state index in [4.69, 9.17) is 9.84 Å². The lowest BCUT2D eigenvalue weighted by Crippen LogP contribution is -2.31. The molecular weight excluding hydrogens is 170 g/mol. The average molecular weight is 187 g/mol. The van der Waals surface area contributed by atoms with Crippen LogP contribution >= 0.6 is 0 Å². The summed E-state index contributed by atoms with van der Waals surface area (Å²) >= 11 is 0. The van der Waals surface area contributed by atoms with E-state index in [1.165, 1.54) is 7.11 Å². The van der Waals surface area contributed by atoms with E-state index in [0.29, 0.717) is 5.92 Å². The molecule has 1 fully saturated rings. The first-order valence-electron chi connectivity index (χ1n) is 4.65. The summed E-state index contributed by atoms with van der Waals surface area (Å²) in [6, 6.07) is 0. The number of rotatable bonds is 4. The second-order valence-electron chi connectivity index (χ2n) is 3.44. The van der Waals surface area contributed by atoms with Gasteiger partial charge in [-0.25, -0.2) is 0 Å². The van der Waals surface area contributed by atoms with Crippen LogP contribution in [0.15, 0.2) is 0 Å². The summed E-state index contributed by atoms with van der Waals surface area (Å²) in [7, 11) is 1.53. The summed E-state index contributed by atoms with van der Waals surface area (Å²) in [5, 5.41) is 8.73. The first-order chi connectivity index (χ1) is 6.27. The molecule has 4 nitrogen and oxygen atoms in total. The van der Waals surface area contributed by atoms with Gasteiger partial charge in [-0.3, -0.25) is 4.79 Å². The lowest BCUT2D eigenvalue weighted by molar-refractivity contribution is -0.134. The number of likely N-dealkylation sites (tertiary alicyclic amines) is 1. The quantitative estimate of drug-likeness (QED) is 0.666. The molecule has 1 saturated heterocycles. The molecule has 0 aliphatic carbocycles. The molecule has 0 aromatic heterocycles. The van der Waals surface area contributed by atoms with Crippen molar-refractivity contribution in [2.75, 3.05) is 33.4 Å². The lowest BCUT2D eigenvalue weighted by atomic mass is 10.1. The molecule has 13 heavy (non-hydrogen) atoms. The average Bonchev–Trinajstić information content (AvgIpc) is 2.54. The number of nitrogens with zero attached hydrogens (tertiary/aromatic N) is 1. The van der Waals surface area contributed by atoms with Gasteiger partial charge in [-0.1, -0.05) is 0 Å². The van der Waals surface area contributed by atoms with Gasteiger partial charge in [-0.05, 0) is 18.8 Å². The molecule has 1 N–H and O–H groups in total. The number of amides is 1. The fraction of sp³-hybridized carbons (Fsp3) is 0.889. The number of carbonyl (C=O) groups excluding carboxylic acids is 1. The van der Waals surface area contributed by atoms with Gasteiger partial charge in [0.25, 0.3) is 0 Å². The fourth-order valence-electron chi connectivity index (χ4n) is 1.69. The maximum Gasteiger partial charge on any atom is 0.248 e. The molecule has 0 aromatic carbocycles. The van der Waals surface area contributed by atoms with Crippen molar-refractivity contribution >= 4 is 5.91 Å². The number of aliphatic hydroxyl groups is 1. The second kappa shape index (κ2) is 5.19. The van der Waals surface area contributed by atoms with Crippen molar-refractivity contribution < 1.29 is 14.6 Å². The number of methoxy groups -OCH3 is 1. The van der Waals surface area contributed by atoms with Gasteiger partial charge in [-0.15, -0.1) is 0 Å². The standard InChI is InChI=1S/C9H17NO3/c1-13-7-9(12)10-4-2-8(6-10)3-5-11/h8,11H,2-7H2,1H3. The lowest BCUT2D eigenvalue weighted by Gasteiger charge is -2.15. The van der Waals surface area contributed by atoms with E-state index in [9.17, 15) is 4.79 Å². The smallest absolute Gasteiger partial charge is 0.248 e. The minimum Gasteiger partial charge on any atom is -0.396 e. The molecule has 1 atom stereocenters. The topological polar surface area (TPSA) is 49.8 Å². The minimum absolute atomic E-state index is 0.0583. The van der Waals surface area contributed by atoms with E-state index in [0.717, 1.165) is 25.9 Å². The van der Waals surface area contributed by atoms with Crippen molar-refractivity contribution in [2.45, 2.75) is 12.8 Å². The van der Waals surface area contributed by atoms with E-state index in [1.54, 1.807) is 0 Å². The van der Waals surface area contributed by atoms with Crippen molar-refractivity contribution in [3.63, 3.8) is 0 Å². The Hall–Kier alpha value is -0.610. The van der Waals surface area contributed by atoms with Gasteiger partial charge in [0.1, 0.15) is 6.61 Å². The molecule has 1 unspecified atom stereocenters. The van der Waals surface area contributed by atoms with Crippen molar-refractivity contribution in [2.24, 2.45) is 5.92 Å². The molecule has 4 heteroatoms. The molecule has 1 aliphatic rings. The van der Waals surface area contributed by atoms with Crippen LogP contribution in [0, 0.1) is 5.92 Å². The van der Waals surface area contributed by atoms with E-state index < -0.39 is 0 Å². The van der Waals surface area contributed by atoms with Gasteiger partial charge in [0.2, 0.25) is 5.91 Å². The largest absolute Gasteiger partial charge is 0.396 e. The Morgan fingerprint density at radius 2 is 2.46 bits per heavy atom. The summed E-state index contributed by atoms with van der Waals surface area (Å²) in [4.78, 5) is 13.1. The van der Waals surface area contributed by atoms with Crippen LogP contribution in [0.3, 0.4) is 0 Å². The molecule has 0 spiro atoms. The molecule has 1 heterocycles. The first kappa shape index (κ1) is 10.5. The molecule has 1 amide bonds. The van der Waals surface area contributed by atoms with Crippen LogP contribution in [0.5, 0.6) is 0 Å². The number of hydrogen-bond acceptors (Lipinski definition) is 3.